The number of carbonyl (C=O) groups is 3. The Morgan fingerprint density at radius 3 is 2.55 bits per heavy atom. The molecule has 0 spiro atoms. The average Bonchev–Trinajstić information content (AvgIpc) is 2.87. The summed E-state index contributed by atoms with van der Waals surface area (Å²) >= 11 is 0. The number of nitrogens with zero attached hydrogens (tertiary/aromatic N) is 1. The number of likely N-dealkylation sites (tertiary alicyclic amines) is 1. The Morgan fingerprint density at radius 2 is 1.93 bits per heavy atom. The Bertz CT molecular complexity index is 707. The number of amides is 3. The fraction of sp³-hybridized carbons (Fsp3) is 0.550. The molecule has 3 N–H and O–H groups in total. The number of aliphatic hydroxyl groups is 1. The summed E-state index contributed by atoms with van der Waals surface area (Å²) in [6, 6.07) is 5.50. The second kappa shape index (κ2) is 10.7. The molecule has 0 bridgehead atoms. The van der Waals surface area contributed by atoms with Gasteiger partial charge in [-0.1, -0.05) is 0 Å². The molecular weight excluding hydrogens is 378 g/mol. The first-order chi connectivity index (χ1) is 13.8. The quantitative estimate of drug-likeness (QED) is 0.604. The normalized spacial score (nSPS) is 19.3. The monoisotopic (exact) mass is 407 g/mol. The minimum Gasteiger partial charge on any atom is -0.482 e. The summed E-state index contributed by atoms with van der Waals surface area (Å²) in [5, 5.41) is 16.0. The lowest BCUT2D eigenvalue weighted by atomic mass is 10.1. The van der Waals surface area contributed by atoms with Gasteiger partial charge < -0.3 is 30.1 Å². The second-order valence-electron chi connectivity index (χ2n) is 7.23. The fourth-order valence-electron chi connectivity index (χ4n) is 2.96. The van der Waals surface area contributed by atoms with Crippen molar-refractivity contribution in [1.82, 2.24) is 15.5 Å². The zero-order valence-corrected chi connectivity index (χ0v) is 17.0. The zero-order chi connectivity index (χ0) is 21.4. The maximum Gasteiger partial charge on any atom is 0.343 e. The predicted molar refractivity (Wildman–Crippen MR) is 106 cm³/mol. The Kier molecular flexibility index (Phi) is 8.26. The van der Waals surface area contributed by atoms with Gasteiger partial charge in [0, 0.05) is 24.7 Å². The van der Waals surface area contributed by atoms with E-state index in [0.717, 1.165) is 0 Å². The predicted octanol–water partition coefficient (Wildman–Crippen LogP) is 0.912. The number of ether oxygens (including phenoxy) is 2. The van der Waals surface area contributed by atoms with Gasteiger partial charge in [0.15, 0.2) is 6.61 Å². The summed E-state index contributed by atoms with van der Waals surface area (Å²) in [4.78, 5) is 37.6. The van der Waals surface area contributed by atoms with E-state index >= 15 is 0 Å². The van der Waals surface area contributed by atoms with Crippen molar-refractivity contribution in [3.8, 4) is 5.75 Å². The Labute approximate surface area is 170 Å². The van der Waals surface area contributed by atoms with Crippen LogP contribution in [0, 0.1) is 0 Å². The highest BCUT2D eigenvalue weighted by Crippen LogP contribution is 2.15. The molecule has 1 fully saturated rings. The fourth-order valence-corrected chi connectivity index (χ4v) is 2.96. The van der Waals surface area contributed by atoms with Gasteiger partial charge in [-0.15, -0.1) is 0 Å². The van der Waals surface area contributed by atoms with Gasteiger partial charge >= 0.3 is 12.0 Å². The molecule has 3 amide bonds. The van der Waals surface area contributed by atoms with Crippen LogP contribution in [0.2, 0.25) is 0 Å². The summed E-state index contributed by atoms with van der Waals surface area (Å²) in [6.45, 7) is 4.29. The van der Waals surface area contributed by atoms with Gasteiger partial charge in [-0.3, -0.25) is 4.79 Å². The van der Waals surface area contributed by atoms with Crippen LogP contribution < -0.4 is 15.4 Å². The standard InChI is InChI=1S/C20H29N3O6/c1-13(2)21-20(27)23-10-4-5-17(24)16(11-23)22-19(26)14-6-8-15(9-7-14)29-12-18(25)28-3/h6-9,13,16-17,24H,4-5,10-12H2,1-3H3,(H,21,27)(H,22,26). The number of esters is 1. The molecule has 1 aromatic rings. The van der Waals surface area contributed by atoms with Crippen LogP contribution in [0.25, 0.3) is 0 Å². The number of hydrogen-bond acceptors (Lipinski definition) is 6. The molecule has 2 rings (SSSR count). The number of benzene rings is 1. The lowest BCUT2D eigenvalue weighted by Gasteiger charge is -2.28. The summed E-state index contributed by atoms with van der Waals surface area (Å²) in [6.07, 6.45) is 0.417. The smallest absolute Gasteiger partial charge is 0.343 e. The molecule has 0 aromatic heterocycles. The van der Waals surface area contributed by atoms with Crippen LogP contribution in [0.1, 0.15) is 37.0 Å². The van der Waals surface area contributed by atoms with Crippen molar-refractivity contribution >= 4 is 17.9 Å². The number of nitrogens with one attached hydrogen (secondary N) is 2. The van der Waals surface area contributed by atoms with Gasteiger partial charge in [-0.2, -0.15) is 0 Å². The Balaban J connectivity index is 1.97. The molecule has 1 aliphatic rings. The SMILES string of the molecule is COC(=O)COc1ccc(C(=O)NC2CN(C(=O)NC(C)C)CCCC2O)cc1. The highest BCUT2D eigenvalue weighted by Gasteiger charge is 2.29. The van der Waals surface area contributed by atoms with Gasteiger partial charge in [-0.25, -0.2) is 9.59 Å². The lowest BCUT2D eigenvalue weighted by molar-refractivity contribution is -0.142. The molecule has 160 valence electrons. The third kappa shape index (κ3) is 6.94. The molecule has 2 unspecified atom stereocenters. The number of carbonyl (C=O) groups excluding carboxylic acids is 3. The Hall–Kier alpha value is -2.81. The molecule has 1 heterocycles. The molecular formula is C20H29N3O6. The first-order valence-electron chi connectivity index (χ1n) is 9.64. The topological polar surface area (TPSA) is 117 Å². The molecule has 0 saturated carbocycles. The number of aliphatic hydroxyl groups excluding tert-OH is 1. The van der Waals surface area contributed by atoms with E-state index in [9.17, 15) is 19.5 Å². The van der Waals surface area contributed by atoms with Gasteiger partial charge in [-0.05, 0) is 51.0 Å². The average molecular weight is 407 g/mol. The molecule has 1 aliphatic heterocycles. The lowest BCUT2D eigenvalue weighted by Crippen LogP contribution is -2.52. The summed E-state index contributed by atoms with van der Waals surface area (Å²) in [7, 11) is 1.27. The maximum absolute atomic E-state index is 12.6. The number of hydrogen-bond donors (Lipinski definition) is 3. The van der Waals surface area contributed by atoms with Crippen LogP contribution >= 0.6 is 0 Å². The first kappa shape index (κ1) is 22.5. The minimum absolute atomic E-state index is 0.00336. The Morgan fingerprint density at radius 1 is 1.24 bits per heavy atom. The largest absolute Gasteiger partial charge is 0.482 e. The number of methoxy groups -OCH3 is 1. The van der Waals surface area contributed by atoms with Crippen molar-refractivity contribution in [2.24, 2.45) is 0 Å². The van der Waals surface area contributed by atoms with E-state index in [2.05, 4.69) is 15.4 Å². The van der Waals surface area contributed by atoms with Crippen LogP contribution in [0.4, 0.5) is 4.79 Å². The maximum atomic E-state index is 12.6. The highest BCUT2D eigenvalue weighted by atomic mass is 16.6. The molecule has 2 atom stereocenters. The molecule has 1 saturated heterocycles. The van der Waals surface area contributed by atoms with Crippen LogP contribution in [-0.2, 0) is 9.53 Å². The molecule has 1 aromatic carbocycles. The van der Waals surface area contributed by atoms with E-state index in [1.165, 1.54) is 7.11 Å². The number of rotatable bonds is 6. The van der Waals surface area contributed by atoms with E-state index in [-0.39, 0.29) is 31.1 Å². The van der Waals surface area contributed by atoms with E-state index < -0.39 is 18.1 Å². The van der Waals surface area contributed by atoms with Crippen molar-refractivity contribution in [1.29, 1.82) is 0 Å². The van der Waals surface area contributed by atoms with Crippen LogP contribution in [0.5, 0.6) is 5.75 Å². The third-order valence-electron chi connectivity index (χ3n) is 4.53. The zero-order valence-electron chi connectivity index (χ0n) is 17.0. The van der Waals surface area contributed by atoms with Gasteiger partial charge in [0.2, 0.25) is 0 Å². The summed E-state index contributed by atoms with van der Waals surface area (Å²) in [5.41, 5.74) is 0.380. The van der Waals surface area contributed by atoms with E-state index in [4.69, 9.17) is 4.74 Å². The summed E-state index contributed by atoms with van der Waals surface area (Å²) < 4.78 is 9.75. The molecule has 9 heteroatoms. The van der Waals surface area contributed by atoms with Crippen molar-refractivity contribution < 1.29 is 29.0 Å². The van der Waals surface area contributed by atoms with Crippen LogP contribution in [0.15, 0.2) is 24.3 Å². The molecule has 0 aliphatic carbocycles. The first-order valence-corrected chi connectivity index (χ1v) is 9.64. The van der Waals surface area contributed by atoms with Crippen molar-refractivity contribution in [3.05, 3.63) is 29.8 Å². The minimum atomic E-state index is -0.738. The van der Waals surface area contributed by atoms with Gasteiger partial charge in [0.1, 0.15) is 5.75 Å². The van der Waals surface area contributed by atoms with Crippen LogP contribution in [-0.4, -0.2) is 72.9 Å². The molecule has 9 nitrogen and oxygen atoms in total. The third-order valence-corrected chi connectivity index (χ3v) is 4.53. The highest BCUT2D eigenvalue weighted by molar-refractivity contribution is 5.94. The van der Waals surface area contributed by atoms with Crippen molar-refractivity contribution in [2.45, 2.75) is 44.9 Å². The van der Waals surface area contributed by atoms with Gasteiger partial charge in [0.05, 0.1) is 19.3 Å². The van der Waals surface area contributed by atoms with Crippen molar-refractivity contribution in [3.63, 3.8) is 0 Å². The van der Waals surface area contributed by atoms with E-state index in [0.29, 0.717) is 30.7 Å². The second-order valence-corrected chi connectivity index (χ2v) is 7.23. The van der Waals surface area contributed by atoms with E-state index in [1.54, 1.807) is 29.2 Å². The summed E-state index contributed by atoms with van der Waals surface area (Å²) in [5.74, 6) is -0.433. The van der Waals surface area contributed by atoms with Gasteiger partial charge in [0.25, 0.3) is 5.91 Å². The van der Waals surface area contributed by atoms with E-state index in [1.807, 2.05) is 13.8 Å². The molecule has 0 radical (unpaired) electrons. The molecule has 29 heavy (non-hydrogen) atoms. The van der Waals surface area contributed by atoms with Crippen LogP contribution in [0.3, 0.4) is 0 Å². The number of urea groups is 1. The van der Waals surface area contributed by atoms with Crippen molar-refractivity contribution in [2.75, 3.05) is 26.8 Å².